The quantitative estimate of drug-likeness (QED) is 0.527. The average molecular weight is 288 g/mol. The molecular weight excluding hydrogens is 260 g/mol. The van der Waals surface area contributed by atoms with Gasteiger partial charge in [-0.05, 0) is 56.9 Å². The number of ketones is 1. The summed E-state index contributed by atoms with van der Waals surface area (Å²) in [5.41, 5.74) is 2.55. The van der Waals surface area contributed by atoms with Crippen LogP contribution in [0.5, 0.6) is 0 Å². The van der Waals surface area contributed by atoms with Gasteiger partial charge in [0.25, 0.3) is 0 Å². The van der Waals surface area contributed by atoms with Gasteiger partial charge in [0.15, 0.2) is 5.78 Å². The molecule has 0 aromatic heterocycles. The summed E-state index contributed by atoms with van der Waals surface area (Å²) in [5, 5.41) is 0. The summed E-state index contributed by atoms with van der Waals surface area (Å²) in [7, 11) is 0. The maximum Gasteiger partial charge on any atom is 0.162 e. The third kappa shape index (κ3) is 2.75. The summed E-state index contributed by atoms with van der Waals surface area (Å²) in [6.07, 6.45) is 10.5. The Labute approximate surface area is 128 Å². The Morgan fingerprint density at radius 1 is 1.24 bits per heavy atom. The summed E-state index contributed by atoms with van der Waals surface area (Å²) < 4.78 is 5.81. The fourth-order valence-corrected chi connectivity index (χ4v) is 4.13. The molecule has 1 saturated heterocycles. The fourth-order valence-electron chi connectivity index (χ4n) is 4.13. The summed E-state index contributed by atoms with van der Waals surface area (Å²) in [6.45, 7) is 8.81. The second kappa shape index (κ2) is 5.39. The number of carbonyl (C=O) groups is 1. The van der Waals surface area contributed by atoms with Crippen LogP contribution < -0.4 is 0 Å². The Kier molecular flexibility index (Phi) is 3.85. The number of epoxide rings is 1. The van der Waals surface area contributed by atoms with Gasteiger partial charge in [-0.25, -0.2) is 0 Å². The average Bonchev–Trinajstić information content (AvgIpc) is 3.13. The van der Waals surface area contributed by atoms with Crippen LogP contribution >= 0.6 is 0 Å². The third-order valence-electron chi connectivity index (χ3n) is 5.82. The first-order valence-electron chi connectivity index (χ1n) is 8.49. The molecule has 1 fully saturated rings. The van der Waals surface area contributed by atoms with Gasteiger partial charge in [0.2, 0.25) is 0 Å². The Morgan fingerprint density at radius 3 is 2.67 bits per heavy atom. The molecule has 0 aromatic rings. The van der Waals surface area contributed by atoms with Crippen molar-refractivity contribution >= 4 is 5.78 Å². The molecule has 0 bridgehead atoms. The van der Waals surface area contributed by atoms with Crippen molar-refractivity contribution in [2.75, 3.05) is 0 Å². The van der Waals surface area contributed by atoms with Crippen molar-refractivity contribution in [1.82, 2.24) is 0 Å². The first-order valence-corrected chi connectivity index (χ1v) is 8.49. The number of carbonyl (C=O) groups excluding carboxylic acids is 1. The number of allylic oxidation sites excluding steroid dienone is 4. The van der Waals surface area contributed by atoms with E-state index in [9.17, 15) is 4.79 Å². The lowest BCUT2D eigenvalue weighted by Crippen LogP contribution is -2.31. The van der Waals surface area contributed by atoms with Gasteiger partial charge in [0.1, 0.15) is 0 Å². The molecule has 0 amide bonds. The van der Waals surface area contributed by atoms with E-state index in [0.717, 1.165) is 32.1 Å². The number of hydrogen-bond acceptors (Lipinski definition) is 2. The first-order chi connectivity index (χ1) is 9.91. The van der Waals surface area contributed by atoms with Gasteiger partial charge in [-0.3, -0.25) is 4.79 Å². The maximum absolute atomic E-state index is 12.7. The van der Waals surface area contributed by atoms with E-state index in [-0.39, 0.29) is 5.41 Å². The van der Waals surface area contributed by atoms with Gasteiger partial charge in [-0.2, -0.15) is 0 Å². The van der Waals surface area contributed by atoms with Crippen molar-refractivity contribution in [1.29, 1.82) is 0 Å². The summed E-state index contributed by atoms with van der Waals surface area (Å²) in [4.78, 5) is 12.7. The monoisotopic (exact) mass is 288 g/mol. The van der Waals surface area contributed by atoms with E-state index >= 15 is 0 Å². The standard InChI is InChI=1S/C19H28O2/c1-12(2)14-11-18(20)19(4)10-9-13(3)5-7-16-17(21-16)8-6-15(14)19/h9,11-12,15-17H,5-8,10H2,1-4H3/b13-9+/t15-,16-,17-,19+/m1/s1. The Hall–Kier alpha value is -0.890. The molecule has 4 atom stereocenters. The lowest BCUT2D eigenvalue weighted by molar-refractivity contribution is -0.123. The second-order valence-electron chi connectivity index (χ2n) is 7.72. The van der Waals surface area contributed by atoms with Crippen LogP contribution in [0.3, 0.4) is 0 Å². The highest BCUT2D eigenvalue weighted by molar-refractivity contribution is 5.98. The van der Waals surface area contributed by atoms with E-state index in [1.807, 2.05) is 6.08 Å². The van der Waals surface area contributed by atoms with Crippen LogP contribution in [0, 0.1) is 17.3 Å². The van der Waals surface area contributed by atoms with Crippen LogP contribution in [0.15, 0.2) is 23.3 Å². The predicted octanol–water partition coefficient (Wildman–Crippen LogP) is 4.45. The van der Waals surface area contributed by atoms with Gasteiger partial charge < -0.3 is 4.74 Å². The molecule has 0 radical (unpaired) electrons. The van der Waals surface area contributed by atoms with E-state index in [4.69, 9.17) is 4.74 Å². The van der Waals surface area contributed by atoms with Crippen molar-refractivity contribution in [2.24, 2.45) is 17.3 Å². The molecule has 0 spiro atoms. The highest BCUT2D eigenvalue weighted by atomic mass is 16.6. The minimum Gasteiger partial charge on any atom is -0.370 e. The fraction of sp³-hybridized carbons (Fsp3) is 0.737. The number of rotatable bonds is 1. The number of ether oxygens (including phenoxy) is 1. The second-order valence-corrected chi connectivity index (χ2v) is 7.72. The number of hydrogen-bond donors (Lipinski definition) is 0. The zero-order valence-corrected chi connectivity index (χ0v) is 13.8. The molecule has 21 heavy (non-hydrogen) atoms. The smallest absolute Gasteiger partial charge is 0.162 e. The SMILES string of the molecule is C/C1=C\C[C@]2(C)C(=O)C=C(C(C)C)[C@H]2CC[C@H]2O[C@@H]2CC1. The minimum atomic E-state index is -0.227. The molecular formula is C19H28O2. The summed E-state index contributed by atoms with van der Waals surface area (Å²) in [5.74, 6) is 1.21. The molecule has 1 heterocycles. The van der Waals surface area contributed by atoms with Gasteiger partial charge in [0, 0.05) is 5.41 Å². The van der Waals surface area contributed by atoms with Crippen LogP contribution in [0.4, 0.5) is 0 Å². The van der Waals surface area contributed by atoms with E-state index < -0.39 is 0 Å². The molecule has 3 rings (SSSR count). The Balaban J connectivity index is 1.89. The summed E-state index contributed by atoms with van der Waals surface area (Å²) >= 11 is 0. The molecule has 3 aliphatic rings. The van der Waals surface area contributed by atoms with Gasteiger partial charge in [-0.1, -0.05) is 38.0 Å². The van der Waals surface area contributed by atoms with Crippen LogP contribution in [0.2, 0.25) is 0 Å². The van der Waals surface area contributed by atoms with Crippen LogP contribution in [-0.4, -0.2) is 18.0 Å². The highest BCUT2D eigenvalue weighted by Gasteiger charge is 2.48. The van der Waals surface area contributed by atoms with Crippen molar-refractivity contribution < 1.29 is 9.53 Å². The van der Waals surface area contributed by atoms with Crippen molar-refractivity contribution in [3.63, 3.8) is 0 Å². The zero-order valence-electron chi connectivity index (χ0n) is 13.8. The van der Waals surface area contributed by atoms with Crippen molar-refractivity contribution in [2.45, 2.75) is 72.0 Å². The summed E-state index contributed by atoms with van der Waals surface area (Å²) in [6, 6.07) is 0. The molecule has 2 aliphatic carbocycles. The van der Waals surface area contributed by atoms with Crippen LogP contribution in [0.1, 0.15) is 59.8 Å². The van der Waals surface area contributed by atoms with Crippen LogP contribution in [0.25, 0.3) is 0 Å². The lowest BCUT2D eigenvalue weighted by atomic mass is 9.70. The van der Waals surface area contributed by atoms with Gasteiger partial charge >= 0.3 is 0 Å². The minimum absolute atomic E-state index is 0.227. The van der Waals surface area contributed by atoms with E-state index in [0.29, 0.717) is 29.8 Å². The molecule has 2 nitrogen and oxygen atoms in total. The molecule has 0 N–H and O–H groups in total. The van der Waals surface area contributed by atoms with E-state index in [2.05, 4.69) is 33.8 Å². The van der Waals surface area contributed by atoms with Gasteiger partial charge in [-0.15, -0.1) is 0 Å². The molecule has 116 valence electrons. The first kappa shape index (κ1) is 15.0. The number of fused-ring (bicyclic) bond motifs is 2. The lowest BCUT2D eigenvalue weighted by Gasteiger charge is -2.32. The van der Waals surface area contributed by atoms with Crippen molar-refractivity contribution in [3.8, 4) is 0 Å². The molecule has 1 aliphatic heterocycles. The molecule has 0 aromatic carbocycles. The van der Waals surface area contributed by atoms with E-state index in [1.165, 1.54) is 11.1 Å². The highest BCUT2D eigenvalue weighted by Crippen LogP contribution is 2.49. The normalized spacial score (nSPS) is 42.5. The zero-order chi connectivity index (χ0) is 15.2. The van der Waals surface area contributed by atoms with E-state index in [1.54, 1.807) is 0 Å². The third-order valence-corrected chi connectivity index (χ3v) is 5.82. The predicted molar refractivity (Wildman–Crippen MR) is 85.0 cm³/mol. The topological polar surface area (TPSA) is 29.6 Å². The molecule has 0 unspecified atom stereocenters. The van der Waals surface area contributed by atoms with Gasteiger partial charge in [0.05, 0.1) is 12.2 Å². The van der Waals surface area contributed by atoms with Crippen LogP contribution in [-0.2, 0) is 9.53 Å². The largest absolute Gasteiger partial charge is 0.370 e. The Bertz CT molecular complexity index is 500. The Morgan fingerprint density at radius 2 is 1.95 bits per heavy atom. The maximum atomic E-state index is 12.7. The molecule has 2 heteroatoms. The van der Waals surface area contributed by atoms with Crippen molar-refractivity contribution in [3.05, 3.63) is 23.3 Å². The molecule has 0 saturated carbocycles.